The van der Waals surface area contributed by atoms with E-state index in [1.165, 1.54) is 0 Å². The molecule has 0 saturated carbocycles. The van der Waals surface area contributed by atoms with Crippen LogP contribution in [0.4, 0.5) is 5.69 Å². The average Bonchev–Trinajstić information content (AvgIpc) is 2.09. The number of nitrogen functional groups attached to an aromatic ring is 1. The first-order valence-electron chi connectivity index (χ1n) is 4.31. The third kappa shape index (κ3) is 1.33. The number of nitrogens with two attached hydrogens (primary N) is 1. The molecule has 1 aromatic carbocycles. The zero-order valence-electron chi connectivity index (χ0n) is 7.73. The molecule has 0 amide bonds. The Labute approximate surface area is 82.8 Å². The summed E-state index contributed by atoms with van der Waals surface area (Å²) >= 11 is 0. The number of para-hydroxylation sites is 1. The van der Waals surface area contributed by atoms with E-state index in [1.54, 1.807) is 19.1 Å². The van der Waals surface area contributed by atoms with Crippen LogP contribution in [0.15, 0.2) is 18.2 Å². The van der Waals surface area contributed by atoms with Gasteiger partial charge in [0.1, 0.15) is 0 Å². The molecule has 76 valence electrons. The first-order valence-corrected chi connectivity index (χ1v) is 5.78. The summed E-state index contributed by atoms with van der Waals surface area (Å²) in [5.41, 5.74) is 6.85. The van der Waals surface area contributed by atoms with Gasteiger partial charge in [-0.2, -0.15) is 8.42 Å². The fourth-order valence-corrected chi connectivity index (χ4v) is 2.46. The lowest BCUT2D eigenvalue weighted by Crippen LogP contribution is -2.30. The van der Waals surface area contributed by atoms with Gasteiger partial charge in [0.2, 0.25) is 0 Å². The predicted molar refractivity (Wildman–Crippen MR) is 53.6 cm³/mol. The summed E-state index contributed by atoms with van der Waals surface area (Å²) in [6, 6.07) is 5.25. The summed E-state index contributed by atoms with van der Waals surface area (Å²) in [4.78, 5) is 0. The SMILES string of the molecule is CC1Cc2cccc(N)c2OS1(=O)=O. The lowest BCUT2D eigenvalue weighted by atomic mass is 10.1. The van der Waals surface area contributed by atoms with Crippen LogP contribution in [-0.4, -0.2) is 13.7 Å². The lowest BCUT2D eigenvalue weighted by molar-refractivity contribution is 0.458. The van der Waals surface area contributed by atoms with Crippen molar-refractivity contribution < 1.29 is 12.6 Å². The maximum atomic E-state index is 11.4. The van der Waals surface area contributed by atoms with Gasteiger partial charge in [-0.15, -0.1) is 0 Å². The Morgan fingerprint density at radius 1 is 1.50 bits per heavy atom. The Morgan fingerprint density at radius 3 is 2.93 bits per heavy atom. The van der Waals surface area contributed by atoms with Crippen molar-refractivity contribution in [2.45, 2.75) is 18.6 Å². The summed E-state index contributed by atoms with van der Waals surface area (Å²) in [5.74, 6) is 0.297. The minimum Gasteiger partial charge on any atom is -0.396 e. The minimum absolute atomic E-state index is 0.297. The second-order valence-electron chi connectivity index (χ2n) is 3.43. The van der Waals surface area contributed by atoms with Crippen LogP contribution < -0.4 is 9.92 Å². The average molecular weight is 213 g/mol. The lowest BCUT2D eigenvalue weighted by Gasteiger charge is -2.22. The Bertz CT molecular complexity index is 467. The van der Waals surface area contributed by atoms with E-state index in [9.17, 15) is 8.42 Å². The molecule has 1 aliphatic rings. The van der Waals surface area contributed by atoms with Crippen molar-refractivity contribution in [3.63, 3.8) is 0 Å². The van der Waals surface area contributed by atoms with Crippen molar-refractivity contribution in [2.75, 3.05) is 5.73 Å². The highest BCUT2D eigenvalue weighted by molar-refractivity contribution is 7.87. The number of hydrogen-bond acceptors (Lipinski definition) is 4. The Kier molecular flexibility index (Phi) is 1.92. The molecule has 2 N–H and O–H groups in total. The van der Waals surface area contributed by atoms with Gasteiger partial charge in [-0.05, 0) is 25.0 Å². The van der Waals surface area contributed by atoms with Crippen molar-refractivity contribution in [3.8, 4) is 5.75 Å². The molecular weight excluding hydrogens is 202 g/mol. The molecule has 0 aromatic heterocycles. The standard InChI is InChI=1S/C9H11NO3S/c1-6-5-7-3-2-4-8(10)9(7)13-14(6,11)12/h2-4,6H,5,10H2,1H3. The molecule has 2 rings (SSSR count). The van der Waals surface area contributed by atoms with E-state index in [0.717, 1.165) is 5.56 Å². The topological polar surface area (TPSA) is 69.4 Å². The highest BCUT2D eigenvalue weighted by Gasteiger charge is 2.31. The van der Waals surface area contributed by atoms with Gasteiger partial charge in [0.05, 0.1) is 10.9 Å². The zero-order valence-corrected chi connectivity index (χ0v) is 8.54. The molecule has 1 aliphatic heterocycles. The van der Waals surface area contributed by atoms with Crippen LogP contribution in [0.3, 0.4) is 0 Å². The van der Waals surface area contributed by atoms with Gasteiger partial charge >= 0.3 is 10.1 Å². The highest BCUT2D eigenvalue weighted by atomic mass is 32.2. The van der Waals surface area contributed by atoms with Crippen molar-refractivity contribution in [1.29, 1.82) is 0 Å². The number of fused-ring (bicyclic) bond motifs is 1. The summed E-state index contributed by atoms with van der Waals surface area (Å²) in [6.45, 7) is 1.63. The minimum atomic E-state index is -3.48. The molecule has 1 unspecified atom stereocenters. The highest BCUT2D eigenvalue weighted by Crippen LogP contribution is 2.34. The van der Waals surface area contributed by atoms with Gasteiger partial charge in [-0.25, -0.2) is 0 Å². The molecule has 0 radical (unpaired) electrons. The first kappa shape index (κ1) is 9.33. The summed E-state index contributed by atoms with van der Waals surface area (Å²) < 4.78 is 27.7. The summed E-state index contributed by atoms with van der Waals surface area (Å²) in [6.07, 6.45) is 0.461. The van der Waals surface area contributed by atoms with Crippen molar-refractivity contribution >= 4 is 15.8 Å². The summed E-state index contributed by atoms with van der Waals surface area (Å²) in [5, 5.41) is -0.503. The molecule has 0 aliphatic carbocycles. The Balaban J connectivity index is 2.57. The van der Waals surface area contributed by atoms with Crippen LogP contribution in [-0.2, 0) is 16.5 Å². The second kappa shape index (κ2) is 2.88. The number of hydrogen-bond donors (Lipinski definition) is 1. The molecule has 0 saturated heterocycles. The van der Waals surface area contributed by atoms with Crippen LogP contribution in [0.5, 0.6) is 5.75 Å². The number of rotatable bonds is 0. The van der Waals surface area contributed by atoms with E-state index in [-0.39, 0.29) is 0 Å². The van der Waals surface area contributed by atoms with Crippen molar-refractivity contribution in [1.82, 2.24) is 0 Å². The van der Waals surface area contributed by atoms with Crippen LogP contribution in [0.2, 0.25) is 0 Å². The van der Waals surface area contributed by atoms with E-state index < -0.39 is 15.4 Å². The van der Waals surface area contributed by atoms with Gasteiger partial charge < -0.3 is 9.92 Å². The van der Waals surface area contributed by atoms with Crippen LogP contribution in [0.1, 0.15) is 12.5 Å². The monoisotopic (exact) mass is 213 g/mol. The van der Waals surface area contributed by atoms with Crippen LogP contribution in [0.25, 0.3) is 0 Å². The fraction of sp³-hybridized carbons (Fsp3) is 0.333. The molecule has 0 spiro atoms. The number of benzene rings is 1. The smallest absolute Gasteiger partial charge is 0.312 e. The molecule has 1 heterocycles. The molecule has 14 heavy (non-hydrogen) atoms. The van der Waals surface area contributed by atoms with Crippen LogP contribution >= 0.6 is 0 Å². The van der Waals surface area contributed by atoms with Crippen LogP contribution in [0, 0.1) is 0 Å². The zero-order chi connectivity index (χ0) is 10.3. The first-order chi connectivity index (χ1) is 6.50. The predicted octanol–water partition coefficient (Wildman–Crippen LogP) is 0.922. The Hall–Kier alpha value is -1.23. The third-order valence-corrected chi connectivity index (χ3v) is 3.88. The molecular formula is C9H11NO3S. The van der Waals surface area contributed by atoms with Crippen molar-refractivity contribution in [3.05, 3.63) is 23.8 Å². The van der Waals surface area contributed by atoms with Crippen molar-refractivity contribution in [2.24, 2.45) is 0 Å². The van der Waals surface area contributed by atoms with Gasteiger partial charge in [0, 0.05) is 0 Å². The van der Waals surface area contributed by atoms with E-state index >= 15 is 0 Å². The molecule has 0 fully saturated rings. The van der Waals surface area contributed by atoms with E-state index in [1.807, 2.05) is 6.07 Å². The molecule has 1 aromatic rings. The van der Waals surface area contributed by atoms with Gasteiger partial charge in [-0.3, -0.25) is 0 Å². The largest absolute Gasteiger partial charge is 0.396 e. The molecule has 5 heteroatoms. The number of anilines is 1. The summed E-state index contributed by atoms with van der Waals surface area (Å²) in [7, 11) is -3.48. The molecule has 4 nitrogen and oxygen atoms in total. The van der Waals surface area contributed by atoms with E-state index in [4.69, 9.17) is 9.92 Å². The third-order valence-electron chi connectivity index (χ3n) is 2.33. The maximum Gasteiger partial charge on any atom is 0.312 e. The molecule has 1 atom stereocenters. The Morgan fingerprint density at radius 2 is 2.21 bits per heavy atom. The normalized spacial score (nSPS) is 23.6. The van der Waals surface area contributed by atoms with E-state index in [0.29, 0.717) is 17.9 Å². The van der Waals surface area contributed by atoms with Gasteiger partial charge in [0.15, 0.2) is 5.75 Å². The quantitative estimate of drug-likeness (QED) is 0.514. The maximum absolute atomic E-state index is 11.4. The van der Waals surface area contributed by atoms with Gasteiger partial charge in [-0.1, -0.05) is 12.1 Å². The van der Waals surface area contributed by atoms with Gasteiger partial charge in [0.25, 0.3) is 0 Å². The van der Waals surface area contributed by atoms with E-state index in [2.05, 4.69) is 0 Å². The molecule has 0 bridgehead atoms. The fourth-order valence-electron chi connectivity index (χ4n) is 1.48. The second-order valence-corrected chi connectivity index (χ2v) is 5.38.